The first-order valence-electron chi connectivity index (χ1n) is 8.79. The van der Waals surface area contributed by atoms with Crippen LogP contribution >= 0.6 is 0 Å². The van der Waals surface area contributed by atoms with Crippen LogP contribution in [-0.4, -0.2) is 38.7 Å². The van der Waals surface area contributed by atoms with Gasteiger partial charge in [0.2, 0.25) is 0 Å². The third kappa shape index (κ3) is 3.60. The van der Waals surface area contributed by atoms with Gasteiger partial charge in [-0.3, -0.25) is 4.79 Å². The first-order valence-corrected chi connectivity index (χ1v) is 8.79. The molecule has 1 heterocycles. The molecular weight excluding hydrogens is 346 g/mol. The van der Waals surface area contributed by atoms with Gasteiger partial charge >= 0.3 is 5.97 Å². The summed E-state index contributed by atoms with van der Waals surface area (Å²) in [7, 11) is 3.04. The number of hydrogen-bond acceptors (Lipinski definition) is 5. The van der Waals surface area contributed by atoms with Crippen molar-refractivity contribution >= 4 is 17.6 Å². The number of anilines is 1. The van der Waals surface area contributed by atoms with Crippen molar-refractivity contribution < 1.29 is 23.8 Å². The number of carbonyl (C=O) groups excluding carboxylic acids is 2. The van der Waals surface area contributed by atoms with Crippen molar-refractivity contribution in [1.29, 1.82) is 0 Å². The molecule has 0 fully saturated rings. The maximum Gasteiger partial charge on any atom is 0.339 e. The Morgan fingerprint density at radius 3 is 2.33 bits per heavy atom. The molecule has 1 amide bonds. The van der Waals surface area contributed by atoms with Crippen molar-refractivity contribution in [3.8, 4) is 11.5 Å². The summed E-state index contributed by atoms with van der Waals surface area (Å²) >= 11 is 0. The molecule has 0 bridgehead atoms. The summed E-state index contributed by atoms with van der Waals surface area (Å²) in [5, 5.41) is 0. The molecule has 0 saturated carbocycles. The Bertz CT molecular complexity index is 852. The van der Waals surface area contributed by atoms with E-state index in [9.17, 15) is 9.59 Å². The minimum atomic E-state index is -0.901. The van der Waals surface area contributed by atoms with E-state index in [1.165, 1.54) is 14.2 Å². The van der Waals surface area contributed by atoms with Gasteiger partial charge in [0.05, 0.1) is 19.8 Å². The summed E-state index contributed by atoms with van der Waals surface area (Å²) in [6.07, 6.45) is -0.100. The molecule has 0 spiro atoms. The Labute approximate surface area is 158 Å². The Kier molecular flexibility index (Phi) is 5.35. The molecule has 0 aliphatic carbocycles. The number of amides is 1. The molecule has 2 aromatic carbocycles. The molecule has 1 unspecified atom stereocenters. The average molecular weight is 369 g/mol. The van der Waals surface area contributed by atoms with Crippen LogP contribution in [-0.2, 0) is 16.0 Å². The first-order chi connectivity index (χ1) is 13.0. The molecule has 1 atom stereocenters. The quantitative estimate of drug-likeness (QED) is 0.758. The fourth-order valence-electron chi connectivity index (χ4n) is 3.27. The van der Waals surface area contributed by atoms with E-state index in [4.69, 9.17) is 14.2 Å². The van der Waals surface area contributed by atoms with E-state index in [2.05, 4.69) is 0 Å². The molecular formula is C21H23NO5. The number of hydrogen-bond donors (Lipinski definition) is 0. The van der Waals surface area contributed by atoms with E-state index < -0.39 is 12.1 Å². The lowest BCUT2D eigenvalue weighted by Crippen LogP contribution is -2.39. The molecule has 27 heavy (non-hydrogen) atoms. The van der Waals surface area contributed by atoms with Gasteiger partial charge in [0.25, 0.3) is 5.91 Å². The van der Waals surface area contributed by atoms with Gasteiger partial charge in [0.15, 0.2) is 6.10 Å². The summed E-state index contributed by atoms with van der Waals surface area (Å²) in [5.41, 5.74) is 3.06. The minimum absolute atomic E-state index is 0.237. The van der Waals surface area contributed by atoms with Crippen LogP contribution in [0.4, 0.5) is 5.69 Å². The number of ether oxygens (including phenoxy) is 3. The monoisotopic (exact) mass is 369 g/mol. The highest BCUT2D eigenvalue weighted by atomic mass is 16.5. The van der Waals surface area contributed by atoms with Gasteiger partial charge in [-0.2, -0.15) is 0 Å². The van der Waals surface area contributed by atoms with Crippen molar-refractivity contribution in [2.24, 2.45) is 0 Å². The predicted octanol–water partition coefficient (Wildman–Crippen LogP) is 3.15. The van der Waals surface area contributed by atoms with Crippen molar-refractivity contribution in [2.75, 3.05) is 25.7 Å². The number of para-hydroxylation sites is 1. The number of benzene rings is 2. The lowest BCUT2D eigenvalue weighted by atomic mass is 10.1. The Morgan fingerprint density at radius 2 is 1.70 bits per heavy atom. The van der Waals surface area contributed by atoms with E-state index >= 15 is 0 Å². The number of carbonyl (C=O) groups is 2. The third-order valence-electron chi connectivity index (χ3n) is 4.77. The molecule has 142 valence electrons. The predicted molar refractivity (Wildman–Crippen MR) is 102 cm³/mol. The van der Waals surface area contributed by atoms with Crippen molar-refractivity contribution in [3.63, 3.8) is 0 Å². The number of esters is 1. The lowest BCUT2D eigenvalue weighted by Gasteiger charge is -2.22. The normalized spacial score (nSPS) is 13.7. The van der Waals surface area contributed by atoms with Crippen LogP contribution in [0.1, 0.15) is 28.4 Å². The maximum absolute atomic E-state index is 12.8. The fourth-order valence-corrected chi connectivity index (χ4v) is 3.27. The lowest BCUT2D eigenvalue weighted by molar-refractivity contribution is -0.126. The van der Waals surface area contributed by atoms with Gasteiger partial charge in [-0.15, -0.1) is 0 Å². The molecule has 6 nitrogen and oxygen atoms in total. The smallest absolute Gasteiger partial charge is 0.339 e. The van der Waals surface area contributed by atoms with E-state index in [-0.39, 0.29) is 11.5 Å². The van der Waals surface area contributed by atoms with Crippen molar-refractivity contribution in [3.05, 3.63) is 53.1 Å². The van der Waals surface area contributed by atoms with Crippen LogP contribution in [0.5, 0.6) is 11.5 Å². The van der Waals surface area contributed by atoms with Crippen molar-refractivity contribution in [2.45, 2.75) is 26.4 Å². The molecule has 0 aromatic heterocycles. The second-order valence-corrected chi connectivity index (χ2v) is 6.42. The average Bonchev–Trinajstić information content (AvgIpc) is 3.11. The Balaban J connectivity index is 1.75. The summed E-state index contributed by atoms with van der Waals surface area (Å²) in [6.45, 7) is 4.01. The molecule has 0 saturated heterocycles. The zero-order valence-corrected chi connectivity index (χ0v) is 15.9. The van der Waals surface area contributed by atoms with Crippen LogP contribution < -0.4 is 14.4 Å². The summed E-state index contributed by atoms with van der Waals surface area (Å²) in [5.74, 6) is 0.210. The number of nitrogens with zero attached hydrogens (tertiary/aromatic N) is 1. The SMILES string of the molecule is COc1cc(C(=O)OC(C)C(=O)N2CCc3ccccc32)cc(OC)c1C. The molecule has 2 aromatic rings. The van der Waals surface area contributed by atoms with Gasteiger partial charge in [0, 0.05) is 17.8 Å². The molecule has 6 heteroatoms. The standard InChI is InChI=1S/C21H23NO5/c1-13-18(25-3)11-16(12-19(13)26-4)21(24)27-14(2)20(23)22-10-9-15-7-5-6-8-17(15)22/h5-8,11-12,14H,9-10H2,1-4H3. The molecule has 1 aliphatic heterocycles. The number of rotatable bonds is 5. The maximum atomic E-state index is 12.8. The molecule has 0 radical (unpaired) electrons. The summed E-state index contributed by atoms with van der Waals surface area (Å²) < 4.78 is 16.0. The van der Waals surface area contributed by atoms with Crippen LogP contribution in [0, 0.1) is 6.92 Å². The Morgan fingerprint density at radius 1 is 1.07 bits per heavy atom. The van der Waals surface area contributed by atoms with E-state index in [1.807, 2.05) is 31.2 Å². The van der Waals surface area contributed by atoms with E-state index in [0.717, 1.165) is 23.2 Å². The highest BCUT2D eigenvalue weighted by Crippen LogP contribution is 2.31. The zero-order chi connectivity index (χ0) is 19.6. The second-order valence-electron chi connectivity index (χ2n) is 6.42. The van der Waals surface area contributed by atoms with Gasteiger partial charge in [0.1, 0.15) is 11.5 Å². The van der Waals surface area contributed by atoms with Gasteiger partial charge in [-0.25, -0.2) is 4.79 Å². The second kappa shape index (κ2) is 7.70. The van der Waals surface area contributed by atoms with Crippen molar-refractivity contribution in [1.82, 2.24) is 0 Å². The number of fused-ring (bicyclic) bond motifs is 1. The van der Waals surface area contributed by atoms with E-state index in [1.54, 1.807) is 24.0 Å². The topological polar surface area (TPSA) is 65.1 Å². The third-order valence-corrected chi connectivity index (χ3v) is 4.77. The minimum Gasteiger partial charge on any atom is -0.496 e. The highest BCUT2D eigenvalue weighted by Gasteiger charge is 2.30. The van der Waals surface area contributed by atoms with Crippen LogP contribution in [0.25, 0.3) is 0 Å². The van der Waals surface area contributed by atoms with Gasteiger partial charge in [-0.05, 0) is 44.0 Å². The molecule has 1 aliphatic rings. The largest absolute Gasteiger partial charge is 0.496 e. The zero-order valence-electron chi connectivity index (χ0n) is 15.9. The summed E-state index contributed by atoms with van der Waals surface area (Å²) in [6, 6.07) is 10.9. The van der Waals surface area contributed by atoms with Crippen LogP contribution in [0.2, 0.25) is 0 Å². The molecule has 0 N–H and O–H groups in total. The fraction of sp³-hybridized carbons (Fsp3) is 0.333. The van der Waals surface area contributed by atoms with Gasteiger partial charge < -0.3 is 19.1 Å². The summed E-state index contributed by atoms with van der Waals surface area (Å²) in [4.78, 5) is 27.0. The van der Waals surface area contributed by atoms with Crippen LogP contribution in [0.15, 0.2) is 36.4 Å². The number of methoxy groups -OCH3 is 2. The highest BCUT2D eigenvalue weighted by molar-refractivity contribution is 6.00. The van der Waals surface area contributed by atoms with E-state index in [0.29, 0.717) is 18.0 Å². The first kappa shape index (κ1) is 18.8. The molecule has 3 rings (SSSR count). The van der Waals surface area contributed by atoms with Gasteiger partial charge in [-0.1, -0.05) is 18.2 Å². The van der Waals surface area contributed by atoms with Crippen LogP contribution in [0.3, 0.4) is 0 Å². The Hall–Kier alpha value is -3.02.